The highest BCUT2D eigenvalue weighted by Gasteiger charge is 2.40. The summed E-state index contributed by atoms with van der Waals surface area (Å²) in [6.45, 7) is 0. The lowest BCUT2D eigenvalue weighted by molar-refractivity contribution is -0.140. The Morgan fingerprint density at radius 2 is 2.00 bits per heavy atom. The summed E-state index contributed by atoms with van der Waals surface area (Å²) in [6.07, 6.45) is 0. The molecule has 21 heavy (non-hydrogen) atoms. The Hall–Kier alpha value is -1.45. The van der Waals surface area contributed by atoms with Crippen LogP contribution in [0.3, 0.4) is 0 Å². The lowest BCUT2D eigenvalue weighted by Crippen LogP contribution is -2.41. The first-order valence-corrected chi connectivity index (χ1v) is 8.55. The number of nitrogens with zero attached hydrogens (tertiary/aromatic N) is 1. The first-order chi connectivity index (χ1) is 9.91. The van der Waals surface area contributed by atoms with Crippen LogP contribution in [0.1, 0.15) is 0 Å². The second-order valence-electron chi connectivity index (χ2n) is 4.26. The van der Waals surface area contributed by atoms with E-state index in [-0.39, 0.29) is 22.3 Å². The Bertz CT molecular complexity index is 645. The van der Waals surface area contributed by atoms with Crippen molar-refractivity contribution < 1.29 is 27.8 Å². The molecule has 1 atom stereocenters. The molecule has 0 bridgehead atoms. The van der Waals surface area contributed by atoms with E-state index in [9.17, 15) is 13.2 Å². The highest BCUT2D eigenvalue weighted by molar-refractivity contribution is 8.00. The predicted molar refractivity (Wildman–Crippen MR) is 77.3 cm³/mol. The van der Waals surface area contributed by atoms with Gasteiger partial charge in [-0.1, -0.05) is 0 Å². The van der Waals surface area contributed by atoms with Gasteiger partial charge < -0.3 is 14.6 Å². The van der Waals surface area contributed by atoms with Crippen LogP contribution >= 0.6 is 11.8 Å². The number of ether oxygens (including phenoxy) is 2. The van der Waals surface area contributed by atoms with E-state index in [0.717, 1.165) is 4.31 Å². The van der Waals surface area contributed by atoms with Crippen molar-refractivity contribution in [3.8, 4) is 11.5 Å². The molecule has 9 heteroatoms. The molecule has 2 rings (SSSR count). The Balaban J connectivity index is 2.42. The van der Waals surface area contributed by atoms with Crippen molar-refractivity contribution in [3.63, 3.8) is 0 Å². The number of carboxylic acids is 1. The van der Waals surface area contributed by atoms with Crippen LogP contribution in [-0.4, -0.2) is 55.7 Å². The molecular weight excluding hydrogens is 318 g/mol. The van der Waals surface area contributed by atoms with E-state index in [4.69, 9.17) is 14.6 Å². The van der Waals surface area contributed by atoms with Crippen molar-refractivity contribution in [2.24, 2.45) is 0 Å². The number of aliphatic carboxylic acids is 1. The highest BCUT2D eigenvalue weighted by Crippen LogP contribution is 2.33. The van der Waals surface area contributed by atoms with Crippen LogP contribution in [0.5, 0.6) is 11.5 Å². The first kappa shape index (κ1) is 15.9. The molecule has 0 aliphatic carbocycles. The molecule has 1 N–H and O–H groups in total. The highest BCUT2D eigenvalue weighted by atomic mass is 32.2. The minimum Gasteiger partial charge on any atom is -0.493 e. The molecule has 1 aliphatic rings. The molecule has 0 amide bonds. The molecule has 0 radical (unpaired) electrons. The molecule has 0 saturated carbocycles. The number of carboxylic acid groups (broad SMARTS) is 1. The summed E-state index contributed by atoms with van der Waals surface area (Å²) < 4.78 is 36.3. The molecule has 0 spiro atoms. The number of hydrogen-bond donors (Lipinski definition) is 1. The molecular formula is C12H15NO6S2. The maximum Gasteiger partial charge on any atom is 0.322 e. The van der Waals surface area contributed by atoms with Crippen molar-refractivity contribution in [1.82, 2.24) is 4.31 Å². The summed E-state index contributed by atoms with van der Waals surface area (Å²) in [5.41, 5.74) is 0. The number of benzene rings is 1. The molecule has 1 saturated heterocycles. The van der Waals surface area contributed by atoms with Crippen molar-refractivity contribution in [2.45, 2.75) is 10.9 Å². The summed E-state index contributed by atoms with van der Waals surface area (Å²) in [7, 11) is -1.04. The van der Waals surface area contributed by atoms with Gasteiger partial charge in [0.1, 0.15) is 6.04 Å². The zero-order valence-corrected chi connectivity index (χ0v) is 13.1. The lowest BCUT2D eigenvalue weighted by Gasteiger charge is -2.20. The van der Waals surface area contributed by atoms with Crippen molar-refractivity contribution >= 4 is 27.8 Å². The number of thioether (sulfide) groups is 1. The Morgan fingerprint density at radius 3 is 2.57 bits per heavy atom. The average Bonchev–Trinajstić information content (AvgIpc) is 2.96. The van der Waals surface area contributed by atoms with Gasteiger partial charge in [-0.3, -0.25) is 4.79 Å². The van der Waals surface area contributed by atoms with Gasteiger partial charge in [-0.2, -0.15) is 4.31 Å². The number of sulfonamides is 1. The first-order valence-electron chi connectivity index (χ1n) is 5.96. The Kier molecular flexibility index (Phi) is 4.64. The van der Waals surface area contributed by atoms with Gasteiger partial charge in [0.15, 0.2) is 11.5 Å². The van der Waals surface area contributed by atoms with Crippen molar-refractivity contribution in [1.29, 1.82) is 0 Å². The number of methoxy groups -OCH3 is 2. The van der Waals surface area contributed by atoms with Gasteiger partial charge in [0, 0.05) is 11.8 Å². The SMILES string of the molecule is COc1ccc(S(=O)(=O)N2CSC[C@H]2C(=O)O)cc1OC. The van der Waals surface area contributed by atoms with Gasteiger partial charge in [0.25, 0.3) is 0 Å². The molecule has 1 aliphatic heterocycles. The van der Waals surface area contributed by atoms with E-state index < -0.39 is 22.0 Å². The molecule has 1 aromatic carbocycles. The average molecular weight is 333 g/mol. The summed E-state index contributed by atoms with van der Waals surface area (Å²) in [5, 5.41) is 9.11. The van der Waals surface area contributed by atoms with Crippen LogP contribution in [0.4, 0.5) is 0 Å². The minimum atomic E-state index is -3.89. The molecule has 1 heterocycles. The Labute approximate surface area is 126 Å². The fourth-order valence-electron chi connectivity index (χ4n) is 1.97. The number of rotatable bonds is 5. The summed E-state index contributed by atoms with van der Waals surface area (Å²) in [6, 6.07) is 3.13. The Morgan fingerprint density at radius 1 is 1.33 bits per heavy atom. The summed E-state index contributed by atoms with van der Waals surface area (Å²) in [5.74, 6) is -0.112. The van der Waals surface area contributed by atoms with Gasteiger partial charge in [-0.05, 0) is 12.1 Å². The van der Waals surface area contributed by atoms with Crippen LogP contribution < -0.4 is 9.47 Å². The molecule has 116 valence electrons. The maximum atomic E-state index is 12.6. The number of carbonyl (C=O) groups is 1. The van der Waals surface area contributed by atoms with E-state index in [1.165, 1.54) is 44.2 Å². The third kappa shape index (κ3) is 2.94. The van der Waals surface area contributed by atoms with E-state index >= 15 is 0 Å². The van der Waals surface area contributed by atoms with E-state index in [1.807, 2.05) is 0 Å². The second kappa shape index (κ2) is 6.12. The molecule has 1 fully saturated rings. The third-order valence-electron chi connectivity index (χ3n) is 3.09. The predicted octanol–water partition coefficient (Wildman–Crippen LogP) is 0.852. The molecule has 7 nitrogen and oxygen atoms in total. The quantitative estimate of drug-likeness (QED) is 0.854. The van der Waals surface area contributed by atoms with Gasteiger partial charge in [-0.25, -0.2) is 8.42 Å². The zero-order valence-electron chi connectivity index (χ0n) is 11.5. The van der Waals surface area contributed by atoms with Crippen LogP contribution in [-0.2, 0) is 14.8 Å². The third-order valence-corrected chi connectivity index (χ3v) is 6.11. The minimum absolute atomic E-state index is 0.0195. The normalized spacial score (nSPS) is 19.4. The fraction of sp³-hybridized carbons (Fsp3) is 0.417. The maximum absolute atomic E-state index is 12.6. The van der Waals surface area contributed by atoms with Gasteiger partial charge in [0.05, 0.1) is 25.0 Å². The monoisotopic (exact) mass is 333 g/mol. The van der Waals surface area contributed by atoms with Crippen molar-refractivity contribution in [3.05, 3.63) is 18.2 Å². The standard InChI is InChI=1S/C12H15NO6S2/c1-18-10-4-3-8(5-11(10)19-2)21(16,17)13-7-20-6-9(13)12(14)15/h3-5,9H,6-7H2,1-2H3,(H,14,15)/t9-/m0/s1. The van der Waals surface area contributed by atoms with Gasteiger partial charge in [0.2, 0.25) is 10.0 Å². The van der Waals surface area contributed by atoms with Crippen LogP contribution in [0.2, 0.25) is 0 Å². The topological polar surface area (TPSA) is 93.1 Å². The van der Waals surface area contributed by atoms with Crippen LogP contribution in [0.15, 0.2) is 23.1 Å². The molecule has 1 aromatic rings. The van der Waals surface area contributed by atoms with E-state index in [0.29, 0.717) is 5.75 Å². The van der Waals surface area contributed by atoms with Gasteiger partial charge in [-0.15, -0.1) is 11.8 Å². The fourth-order valence-corrected chi connectivity index (χ4v) is 5.12. The zero-order chi connectivity index (χ0) is 15.6. The largest absolute Gasteiger partial charge is 0.493 e. The van der Waals surface area contributed by atoms with Crippen molar-refractivity contribution in [2.75, 3.05) is 25.8 Å². The van der Waals surface area contributed by atoms with Crippen LogP contribution in [0, 0.1) is 0 Å². The van der Waals surface area contributed by atoms with E-state index in [2.05, 4.69) is 0 Å². The number of hydrogen-bond acceptors (Lipinski definition) is 6. The van der Waals surface area contributed by atoms with E-state index in [1.54, 1.807) is 0 Å². The second-order valence-corrected chi connectivity index (χ2v) is 7.15. The summed E-state index contributed by atoms with van der Waals surface area (Å²) in [4.78, 5) is 11.1. The lowest BCUT2D eigenvalue weighted by atomic mass is 10.3. The van der Waals surface area contributed by atoms with Crippen LogP contribution in [0.25, 0.3) is 0 Å². The smallest absolute Gasteiger partial charge is 0.322 e. The van der Waals surface area contributed by atoms with Gasteiger partial charge >= 0.3 is 5.97 Å². The molecule has 0 unspecified atom stereocenters. The summed E-state index contributed by atoms with van der Waals surface area (Å²) >= 11 is 1.27. The molecule has 0 aromatic heterocycles.